The third-order valence-corrected chi connectivity index (χ3v) is 2.33. The summed E-state index contributed by atoms with van der Waals surface area (Å²) in [7, 11) is 0. The maximum atomic E-state index is 11.7. The molecular formula is C15H23NO4. The van der Waals surface area contributed by atoms with Crippen LogP contribution in [-0.2, 0) is 11.2 Å². The molecule has 0 aromatic heterocycles. The number of ether oxygens (including phenoxy) is 1. The Morgan fingerprint density at radius 1 is 1.25 bits per heavy atom. The third kappa shape index (κ3) is 5.93. The summed E-state index contributed by atoms with van der Waals surface area (Å²) >= 11 is 0. The van der Waals surface area contributed by atoms with Gasteiger partial charge in [0.1, 0.15) is 11.4 Å². The Bertz CT molecular complexity index is 484. The van der Waals surface area contributed by atoms with Gasteiger partial charge in [-0.25, -0.2) is 4.79 Å². The molecule has 0 bridgehead atoms. The molecule has 5 nitrogen and oxygen atoms in total. The summed E-state index contributed by atoms with van der Waals surface area (Å²) in [5.41, 5.74) is -0.396. The zero-order chi connectivity index (χ0) is 15.6. The van der Waals surface area contributed by atoms with Crippen molar-refractivity contribution in [3.63, 3.8) is 0 Å². The lowest BCUT2D eigenvalue weighted by Gasteiger charge is -2.21. The predicted octanol–water partition coefficient (Wildman–Crippen LogP) is 3.05. The molecule has 0 heterocycles. The van der Waals surface area contributed by atoms with E-state index in [0.29, 0.717) is 6.42 Å². The maximum Gasteiger partial charge on any atom is 0.412 e. The molecule has 112 valence electrons. The van der Waals surface area contributed by atoms with Crippen molar-refractivity contribution in [2.24, 2.45) is 0 Å². The molecule has 5 heteroatoms. The van der Waals surface area contributed by atoms with Gasteiger partial charge in [0, 0.05) is 6.42 Å². The molecule has 0 aliphatic rings. The van der Waals surface area contributed by atoms with Crippen LogP contribution in [0.5, 0.6) is 5.75 Å². The highest BCUT2D eigenvalue weighted by Gasteiger charge is 2.18. The second-order valence-electron chi connectivity index (χ2n) is 6.47. The van der Waals surface area contributed by atoms with E-state index in [4.69, 9.17) is 4.74 Å². The Labute approximate surface area is 119 Å². The summed E-state index contributed by atoms with van der Waals surface area (Å²) in [6.07, 6.45) is -0.218. The number of anilines is 1. The molecule has 0 saturated heterocycles. The van der Waals surface area contributed by atoms with Gasteiger partial charge in [-0.05, 0) is 52.3 Å². The van der Waals surface area contributed by atoms with Gasteiger partial charge in [-0.3, -0.25) is 5.32 Å². The number of hydrogen-bond donors (Lipinski definition) is 3. The van der Waals surface area contributed by atoms with Gasteiger partial charge in [-0.2, -0.15) is 0 Å². The van der Waals surface area contributed by atoms with E-state index >= 15 is 0 Å². The van der Waals surface area contributed by atoms with E-state index in [1.54, 1.807) is 46.8 Å². The van der Waals surface area contributed by atoms with Crippen molar-refractivity contribution in [2.45, 2.75) is 52.2 Å². The first kappa shape index (κ1) is 16.3. The third-order valence-electron chi connectivity index (χ3n) is 2.33. The largest absolute Gasteiger partial charge is 0.506 e. The molecule has 0 aliphatic carbocycles. The standard InChI is InChI=1S/C15H23NO4/c1-14(2,3)20-13(18)16-11-8-10(6-7-12(11)17)9-15(4,5)19/h6-8,17,19H,9H2,1-5H3,(H,16,18). The maximum absolute atomic E-state index is 11.7. The number of nitrogens with one attached hydrogen (secondary N) is 1. The summed E-state index contributed by atoms with van der Waals surface area (Å²) in [4.78, 5) is 11.7. The molecule has 0 saturated carbocycles. The predicted molar refractivity (Wildman–Crippen MR) is 78.0 cm³/mol. The van der Waals surface area contributed by atoms with E-state index in [1.165, 1.54) is 6.07 Å². The number of aromatic hydroxyl groups is 1. The zero-order valence-corrected chi connectivity index (χ0v) is 12.7. The normalized spacial score (nSPS) is 12.1. The molecule has 1 amide bonds. The molecule has 1 aromatic rings. The van der Waals surface area contributed by atoms with E-state index in [0.717, 1.165) is 5.56 Å². The Kier molecular flexibility index (Phi) is 4.65. The van der Waals surface area contributed by atoms with Crippen LogP contribution in [0.2, 0.25) is 0 Å². The second kappa shape index (κ2) is 5.71. The van der Waals surface area contributed by atoms with Crippen LogP contribution in [0.4, 0.5) is 10.5 Å². The molecule has 0 unspecified atom stereocenters. The summed E-state index contributed by atoms with van der Waals surface area (Å²) in [6, 6.07) is 4.80. The summed E-state index contributed by atoms with van der Waals surface area (Å²) in [5, 5.41) is 22.0. The van der Waals surface area contributed by atoms with Crippen molar-refractivity contribution in [1.29, 1.82) is 0 Å². The fourth-order valence-corrected chi connectivity index (χ4v) is 1.71. The number of carbonyl (C=O) groups excluding carboxylic acids is 1. The van der Waals surface area contributed by atoms with E-state index < -0.39 is 17.3 Å². The number of carbonyl (C=O) groups is 1. The van der Waals surface area contributed by atoms with Gasteiger partial charge in [0.05, 0.1) is 11.3 Å². The van der Waals surface area contributed by atoms with Gasteiger partial charge >= 0.3 is 6.09 Å². The van der Waals surface area contributed by atoms with Crippen LogP contribution in [0.3, 0.4) is 0 Å². The van der Waals surface area contributed by atoms with Crippen molar-refractivity contribution in [3.8, 4) is 5.75 Å². The molecule has 0 fully saturated rings. The average molecular weight is 281 g/mol. The van der Waals surface area contributed by atoms with Gasteiger partial charge < -0.3 is 14.9 Å². The molecule has 1 rings (SSSR count). The minimum atomic E-state index is -0.861. The lowest BCUT2D eigenvalue weighted by atomic mass is 9.98. The minimum absolute atomic E-state index is 0.0460. The SMILES string of the molecule is CC(C)(O)Cc1ccc(O)c(NC(=O)OC(C)(C)C)c1. The van der Waals surface area contributed by atoms with E-state index in [-0.39, 0.29) is 11.4 Å². The van der Waals surface area contributed by atoms with Crippen LogP contribution >= 0.6 is 0 Å². The Morgan fingerprint density at radius 3 is 2.35 bits per heavy atom. The number of rotatable bonds is 3. The van der Waals surface area contributed by atoms with Crippen molar-refractivity contribution in [3.05, 3.63) is 23.8 Å². The van der Waals surface area contributed by atoms with Crippen LogP contribution in [0, 0.1) is 0 Å². The van der Waals surface area contributed by atoms with Crippen LogP contribution in [-0.4, -0.2) is 27.5 Å². The molecule has 20 heavy (non-hydrogen) atoms. The van der Waals surface area contributed by atoms with E-state index in [1.807, 2.05) is 0 Å². The number of phenols is 1. The van der Waals surface area contributed by atoms with Crippen LogP contribution < -0.4 is 5.32 Å². The fourth-order valence-electron chi connectivity index (χ4n) is 1.71. The highest BCUT2D eigenvalue weighted by atomic mass is 16.6. The zero-order valence-electron chi connectivity index (χ0n) is 12.7. The Balaban J connectivity index is 2.84. The number of amides is 1. The van der Waals surface area contributed by atoms with Crippen LogP contribution in [0.15, 0.2) is 18.2 Å². The van der Waals surface area contributed by atoms with Gasteiger partial charge in [0.2, 0.25) is 0 Å². The van der Waals surface area contributed by atoms with E-state index in [9.17, 15) is 15.0 Å². The molecule has 0 spiro atoms. The molecule has 3 N–H and O–H groups in total. The van der Waals surface area contributed by atoms with Crippen LogP contribution in [0.1, 0.15) is 40.2 Å². The smallest absolute Gasteiger partial charge is 0.412 e. The summed E-state index contributed by atoms with van der Waals surface area (Å²) in [6.45, 7) is 8.67. The molecular weight excluding hydrogens is 258 g/mol. The summed E-state index contributed by atoms with van der Waals surface area (Å²) in [5.74, 6) is -0.0460. The lowest BCUT2D eigenvalue weighted by molar-refractivity contribution is 0.0635. The number of hydrogen-bond acceptors (Lipinski definition) is 4. The van der Waals surface area contributed by atoms with Gasteiger partial charge in [-0.15, -0.1) is 0 Å². The first-order chi connectivity index (χ1) is 8.96. The van der Waals surface area contributed by atoms with Gasteiger partial charge in [-0.1, -0.05) is 6.07 Å². The van der Waals surface area contributed by atoms with Crippen molar-refractivity contribution >= 4 is 11.8 Å². The molecule has 1 aromatic carbocycles. The second-order valence-corrected chi connectivity index (χ2v) is 6.47. The lowest BCUT2D eigenvalue weighted by Crippen LogP contribution is -2.27. The quantitative estimate of drug-likeness (QED) is 0.744. The fraction of sp³-hybridized carbons (Fsp3) is 0.533. The molecule has 0 aliphatic heterocycles. The first-order valence-electron chi connectivity index (χ1n) is 6.50. The van der Waals surface area contributed by atoms with Crippen molar-refractivity contribution < 1.29 is 19.7 Å². The molecule has 0 radical (unpaired) electrons. The first-order valence-corrected chi connectivity index (χ1v) is 6.50. The highest BCUT2D eigenvalue weighted by molar-refractivity contribution is 5.87. The minimum Gasteiger partial charge on any atom is -0.506 e. The monoisotopic (exact) mass is 281 g/mol. The van der Waals surface area contributed by atoms with Gasteiger partial charge in [0.15, 0.2) is 0 Å². The van der Waals surface area contributed by atoms with Crippen molar-refractivity contribution in [1.82, 2.24) is 0 Å². The number of aliphatic hydroxyl groups is 1. The van der Waals surface area contributed by atoms with Crippen LogP contribution in [0.25, 0.3) is 0 Å². The number of phenolic OH excluding ortho intramolecular Hbond substituents is 1. The summed E-state index contributed by atoms with van der Waals surface area (Å²) < 4.78 is 5.13. The van der Waals surface area contributed by atoms with Gasteiger partial charge in [0.25, 0.3) is 0 Å². The highest BCUT2D eigenvalue weighted by Crippen LogP contribution is 2.26. The Morgan fingerprint density at radius 2 is 1.85 bits per heavy atom. The van der Waals surface area contributed by atoms with E-state index in [2.05, 4.69) is 5.32 Å². The Hall–Kier alpha value is -1.75. The average Bonchev–Trinajstić information content (AvgIpc) is 2.18. The topological polar surface area (TPSA) is 78.8 Å². The van der Waals surface area contributed by atoms with Crippen molar-refractivity contribution in [2.75, 3.05) is 5.32 Å². The number of benzene rings is 1. The molecule has 0 atom stereocenters.